The van der Waals surface area contributed by atoms with E-state index in [4.69, 9.17) is 4.74 Å². The van der Waals surface area contributed by atoms with E-state index < -0.39 is 27.7 Å². The molecular weight excluding hydrogens is 322 g/mol. The number of nitrogens with one attached hydrogen (secondary N) is 2. The van der Waals surface area contributed by atoms with Gasteiger partial charge in [0.15, 0.2) is 0 Å². The van der Waals surface area contributed by atoms with Crippen LogP contribution >= 0.6 is 0 Å². The first-order chi connectivity index (χ1) is 10.9. The summed E-state index contributed by atoms with van der Waals surface area (Å²) in [5.74, 6) is -0.627. The van der Waals surface area contributed by atoms with E-state index in [0.29, 0.717) is 19.4 Å². The van der Waals surface area contributed by atoms with E-state index in [1.807, 2.05) is 35.1 Å². The quantitative estimate of drug-likeness (QED) is 0.796. The summed E-state index contributed by atoms with van der Waals surface area (Å²) in [4.78, 5) is 25.5. The third-order valence-corrected chi connectivity index (χ3v) is 5.06. The molecule has 23 heavy (non-hydrogen) atoms. The molecule has 2 aliphatic rings. The molecule has 2 N–H and O–H groups in total. The summed E-state index contributed by atoms with van der Waals surface area (Å²) < 4.78 is 32.5. The zero-order chi connectivity index (χ0) is 16.5. The number of hydrogen-bond donors (Lipinski definition) is 2. The van der Waals surface area contributed by atoms with Crippen LogP contribution in [-0.4, -0.2) is 43.9 Å². The third-order valence-electron chi connectivity index (χ3n) is 3.95. The molecule has 1 atom stereocenters. The molecule has 2 saturated heterocycles. The number of carbonyl (C=O) groups excluding carboxylic acids is 2. The minimum atomic E-state index is -3.84. The lowest BCUT2D eigenvalue weighted by Gasteiger charge is -2.36. The van der Waals surface area contributed by atoms with Gasteiger partial charge in [-0.3, -0.25) is 4.79 Å². The Bertz CT molecular complexity index is 721. The highest BCUT2D eigenvalue weighted by atomic mass is 32.2. The van der Waals surface area contributed by atoms with E-state index in [9.17, 15) is 18.0 Å². The van der Waals surface area contributed by atoms with Crippen LogP contribution in [0.25, 0.3) is 0 Å². The van der Waals surface area contributed by atoms with Crippen molar-refractivity contribution in [3.05, 3.63) is 35.9 Å². The Labute approximate surface area is 134 Å². The number of rotatable bonds is 2. The van der Waals surface area contributed by atoms with Crippen molar-refractivity contribution < 1.29 is 22.7 Å². The molecule has 1 unspecified atom stereocenters. The zero-order valence-electron chi connectivity index (χ0n) is 12.3. The van der Waals surface area contributed by atoms with Gasteiger partial charge in [-0.25, -0.2) is 9.52 Å². The highest BCUT2D eigenvalue weighted by Crippen LogP contribution is 2.26. The number of benzene rings is 1. The largest absolute Gasteiger partial charge is 0.445 e. The molecule has 0 bridgehead atoms. The van der Waals surface area contributed by atoms with Crippen molar-refractivity contribution in [2.45, 2.75) is 25.0 Å². The predicted octanol–water partition coefficient (Wildman–Crippen LogP) is 0.122. The third kappa shape index (κ3) is 3.30. The maximum atomic E-state index is 12.2. The lowest BCUT2D eigenvalue weighted by atomic mass is 9.90. The van der Waals surface area contributed by atoms with Gasteiger partial charge in [-0.1, -0.05) is 30.3 Å². The molecule has 8 nitrogen and oxygen atoms in total. The molecule has 2 heterocycles. The van der Waals surface area contributed by atoms with Gasteiger partial charge in [-0.2, -0.15) is 13.1 Å². The summed E-state index contributed by atoms with van der Waals surface area (Å²) in [5.41, 5.74) is -0.435. The second kappa shape index (κ2) is 5.82. The number of ether oxygens (including phenoxy) is 1. The van der Waals surface area contributed by atoms with Crippen molar-refractivity contribution in [2.75, 3.05) is 13.1 Å². The SMILES string of the molecule is O=C(OCc1ccccc1)N1CCCC2(C1)NS(=O)(=O)NC2=O. The highest BCUT2D eigenvalue weighted by Gasteiger charge is 2.52. The van der Waals surface area contributed by atoms with Crippen LogP contribution in [0.4, 0.5) is 4.79 Å². The number of piperidine rings is 1. The van der Waals surface area contributed by atoms with Crippen LogP contribution < -0.4 is 9.44 Å². The zero-order valence-corrected chi connectivity index (χ0v) is 13.1. The molecule has 0 radical (unpaired) electrons. The topological polar surface area (TPSA) is 105 Å². The Morgan fingerprint density at radius 2 is 2.04 bits per heavy atom. The molecule has 124 valence electrons. The Morgan fingerprint density at radius 3 is 2.70 bits per heavy atom. The lowest BCUT2D eigenvalue weighted by molar-refractivity contribution is -0.125. The maximum absolute atomic E-state index is 12.2. The van der Waals surface area contributed by atoms with Gasteiger partial charge < -0.3 is 9.64 Å². The molecule has 1 aromatic carbocycles. The molecule has 2 fully saturated rings. The minimum Gasteiger partial charge on any atom is -0.445 e. The number of hydrogen-bond acceptors (Lipinski definition) is 5. The van der Waals surface area contributed by atoms with Gasteiger partial charge in [0.25, 0.3) is 5.91 Å². The summed E-state index contributed by atoms with van der Waals surface area (Å²) in [6.45, 7) is 0.511. The normalized spacial score (nSPS) is 26.1. The van der Waals surface area contributed by atoms with Crippen molar-refractivity contribution in [3.63, 3.8) is 0 Å². The second-order valence-corrected chi connectivity index (χ2v) is 7.10. The van der Waals surface area contributed by atoms with E-state index >= 15 is 0 Å². The van der Waals surface area contributed by atoms with Gasteiger partial charge in [0, 0.05) is 6.54 Å². The fourth-order valence-corrected chi connectivity index (χ4v) is 4.10. The summed E-state index contributed by atoms with van der Waals surface area (Å²) in [6.07, 6.45) is 0.295. The number of amides is 2. The smallest absolute Gasteiger partial charge is 0.410 e. The Morgan fingerprint density at radius 1 is 1.30 bits per heavy atom. The molecule has 3 rings (SSSR count). The molecule has 1 aromatic rings. The van der Waals surface area contributed by atoms with E-state index in [2.05, 4.69) is 4.72 Å². The van der Waals surface area contributed by atoms with Gasteiger partial charge >= 0.3 is 16.3 Å². The molecule has 0 aliphatic carbocycles. The van der Waals surface area contributed by atoms with Crippen molar-refractivity contribution in [1.82, 2.24) is 14.3 Å². The predicted molar refractivity (Wildman–Crippen MR) is 80.4 cm³/mol. The Kier molecular flexibility index (Phi) is 3.99. The van der Waals surface area contributed by atoms with Gasteiger partial charge in [0.05, 0.1) is 6.54 Å². The van der Waals surface area contributed by atoms with Gasteiger partial charge in [0.1, 0.15) is 12.1 Å². The number of carbonyl (C=O) groups is 2. The van der Waals surface area contributed by atoms with E-state index in [0.717, 1.165) is 5.56 Å². The molecule has 1 spiro atoms. The van der Waals surface area contributed by atoms with Crippen LogP contribution in [0.3, 0.4) is 0 Å². The lowest BCUT2D eigenvalue weighted by Crippen LogP contribution is -2.59. The van der Waals surface area contributed by atoms with E-state index in [-0.39, 0.29) is 13.2 Å². The fraction of sp³-hybridized carbons (Fsp3) is 0.429. The molecule has 0 saturated carbocycles. The first-order valence-electron chi connectivity index (χ1n) is 7.22. The van der Waals surface area contributed by atoms with Crippen LogP contribution in [0.2, 0.25) is 0 Å². The summed E-state index contributed by atoms with van der Waals surface area (Å²) >= 11 is 0. The number of nitrogens with zero attached hydrogens (tertiary/aromatic N) is 1. The van der Waals surface area contributed by atoms with Crippen LogP contribution in [0.1, 0.15) is 18.4 Å². The van der Waals surface area contributed by atoms with Crippen LogP contribution in [0.15, 0.2) is 30.3 Å². The van der Waals surface area contributed by atoms with Crippen LogP contribution in [0.5, 0.6) is 0 Å². The fourth-order valence-electron chi connectivity index (χ4n) is 2.84. The van der Waals surface area contributed by atoms with Gasteiger partial charge in [0.2, 0.25) is 0 Å². The van der Waals surface area contributed by atoms with Crippen molar-refractivity contribution in [1.29, 1.82) is 0 Å². The standard InChI is InChI=1S/C14H17N3O5S/c18-12-14(16-23(20,21)15-12)7-4-8-17(10-14)13(19)22-9-11-5-2-1-3-6-11/h1-3,5-6,16H,4,7-10H2,(H,15,18). The summed E-state index contributed by atoms with van der Waals surface area (Å²) in [5, 5.41) is 0. The summed E-state index contributed by atoms with van der Waals surface area (Å²) in [7, 11) is -3.84. The van der Waals surface area contributed by atoms with Gasteiger partial charge in [-0.15, -0.1) is 0 Å². The average Bonchev–Trinajstić information content (AvgIpc) is 2.74. The molecule has 2 aliphatic heterocycles. The minimum absolute atomic E-state index is 0.0360. The first kappa shape index (κ1) is 15.8. The monoisotopic (exact) mass is 339 g/mol. The molecule has 9 heteroatoms. The number of likely N-dealkylation sites (tertiary alicyclic amines) is 1. The van der Waals surface area contributed by atoms with E-state index in [1.165, 1.54) is 4.90 Å². The Balaban J connectivity index is 1.64. The second-order valence-electron chi connectivity index (χ2n) is 5.68. The van der Waals surface area contributed by atoms with E-state index in [1.54, 1.807) is 0 Å². The Hall–Kier alpha value is -2.13. The molecule has 0 aromatic heterocycles. The average molecular weight is 339 g/mol. The van der Waals surface area contributed by atoms with Crippen LogP contribution in [0, 0.1) is 0 Å². The molecule has 2 amide bonds. The first-order valence-corrected chi connectivity index (χ1v) is 8.70. The molecular formula is C14H17N3O5S. The van der Waals surface area contributed by atoms with Gasteiger partial charge in [-0.05, 0) is 18.4 Å². The van der Waals surface area contributed by atoms with Crippen molar-refractivity contribution in [3.8, 4) is 0 Å². The van der Waals surface area contributed by atoms with Crippen molar-refractivity contribution >= 4 is 22.2 Å². The van der Waals surface area contributed by atoms with Crippen molar-refractivity contribution in [2.24, 2.45) is 0 Å². The highest BCUT2D eigenvalue weighted by molar-refractivity contribution is 7.88. The summed E-state index contributed by atoms with van der Waals surface area (Å²) in [6, 6.07) is 9.23. The van der Waals surface area contributed by atoms with Crippen LogP contribution in [-0.2, 0) is 26.3 Å². The maximum Gasteiger partial charge on any atom is 0.410 e.